The van der Waals surface area contributed by atoms with Crippen LogP contribution in [-0.2, 0) is 14.3 Å². The number of aliphatic hydroxyl groups excluding tert-OH is 1. The van der Waals surface area contributed by atoms with Crippen molar-refractivity contribution in [1.82, 2.24) is 10.2 Å². The largest absolute Gasteiger partial charge is 0.480 e. The van der Waals surface area contributed by atoms with E-state index in [4.69, 9.17) is 4.74 Å². The van der Waals surface area contributed by atoms with E-state index in [9.17, 15) is 24.6 Å². The Hall–Kier alpha value is -3.39. The van der Waals surface area contributed by atoms with Crippen molar-refractivity contribution in [1.29, 1.82) is 0 Å². The second kappa shape index (κ2) is 9.70. The third-order valence-corrected chi connectivity index (χ3v) is 7.54. The Morgan fingerprint density at radius 1 is 0.971 bits per heavy atom. The van der Waals surface area contributed by atoms with E-state index in [1.54, 1.807) is 0 Å². The van der Waals surface area contributed by atoms with E-state index in [1.807, 2.05) is 24.3 Å². The van der Waals surface area contributed by atoms with Crippen LogP contribution in [0.1, 0.15) is 49.1 Å². The number of hydrogen-bond acceptors (Lipinski definition) is 5. The number of hydrogen-bond donors (Lipinski definition) is 3. The van der Waals surface area contributed by atoms with E-state index in [0.29, 0.717) is 12.8 Å². The predicted molar refractivity (Wildman–Crippen MR) is 128 cm³/mol. The summed E-state index contributed by atoms with van der Waals surface area (Å²) in [5.74, 6) is -1.76. The van der Waals surface area contributed by atoms with Gasteiger partial charge in [-0.2, -0.15) is 0 Å². The predicted octanol–water partition coefficient (Wildman–Crippen LogP) is 3.13. The van der Waals surface area contributed by atoms with Gasteiger partial charge in [0.2, 0.25) is 5.91 Å². The zero-order valence-electron chi connectivity index (χ0n) is 19.4. The molecule has 2 aliphatic carbocycles. The third-order valence-electron chi connectivity index (χ3n) is 7.54. The van der Waals surface area contributed by atoms with Gasteiger partial charge in [-0.15, -0.1) is 0 Å². The molecule has 2 aromatic rings. The van der Waals surface area contributed by atoms with Gasteiger partial charge < -0.3 is 25.2 Å². The quantitative estimate of drug-likeness (QED) is 0.608. The Morgan fingerprint density at radius 2 is 1.63 bits per heavy atom. The standard InChI is InChI=1S/C27H30N2O6/c30-18-13-24(26(32)33)29(14-18)25(31)16-6-5-7-17(12-16)28-27(34)35-15-23-21-10-3-1-8-19(21)20-9-2-4-11-22(20)23/h1-4,8-11,16-18,23-24,30H,5-7,12-15H2,(H,28,34)(H,32,33)/t16-,17-,18-,24-/m1/s1. The fourth-order valence-electron chi connectivity index (χ4n) is 5.88. The maximum atomic E-state index is 13.0. The SMILES string of the molecule is O=C(N[C@@H]1CCC[C@@H](C(=O)N2C[C@H](O)C[C@@H]2C(=O)O)C1)OCC1c2ccccc2-c2ccccc21. The number of nitrogens with zero attached hydrogens (tertiary/aromatic N) is 1. The van der Waals surface area contributed by atoms with Gasteiger partial charge in [0.05, 0.1) is 6.10 Å². The minimum atomic E-state index is -1.10. The van der Waals surface area contributed by atoms with Gasteiger partial charge in [-0.1, -0.05) is 55.0 Å². The molecule has 1 saturated heterocycles. The average molecular weight is 479 g/mol. The average Bonchev–Trinajstić information content (AvgIpc) is 3.41. The summed E-state index contributed by atoms with van der Waals surface area (Å²) in [4.78, 5) is 38.5. The van der Waals surface area contributed by atoms with E-state index in [1.165, 1.54) is 4.90 Å². The second-order valence-electron chi connectivity index (χ2n) is 9.76. The van der Waals surface area contributed by atoms with Crippen LogP contribution in [0.25, 0.3) is 11.1 Å². The molecule has 4 atom stereocenters. The molecule has 8 nitrogen and oxygen atoms in total. The number of β-amino-alcohol motifs (C(OH)–C–C–N with tert-alkyl or cyclic N) is 1. The molecule has 1 saturated carbocycles. The first-order valence-electron chi connectivity index (χ1n) is 12.2. The number of likely N-dealkylation sites (tertiary alicyclic amines) is 1. The van der Waals surface area contributed by atoms with Gasteiger partial charge in [-0.05, 0) is 41.5 Å². The molecule has 1 heterocycles. The number of amides is 2. The Balaban J connectivity index is 1.18. The minimum absolute atomic E-state index is 0.0246. The lowest BCUT2D eigenvalue weighted by Crippen LogP contribution is -2.47. The van der Waals surface area contributed by atoms with Gasteiger partial charge in [0.15, 0.2) is 0 Å². The molecular formula is C27H30N2O6. The Labute approximate surface area is 203 Å². The van der Waals surface area contributed by atoms with Crippen molar-refractivity contribution in [2.24, 2.45) is 5.92 Å². The number of carbonyl (C=O) groups is 3. The Morgan fingerprint density at radius 3 is 2.29 bits per heavy atom. The fourth-order valence-corrected chi connectivity index (χ4v) is 5.88. The summed E-state index contributed by atoms with van der Waals surface area (Å²) in [5, 5.41) is 22.2. The second-order valence-corrected chi connectivity index (χ2v) is 9.76. The van der Waals surface area contributed by atoms with Crippen LogP contribution in [0.15, 0.2) is 48.5 Å². The zero-order valence-corrected chi connectivity index (χ0v) is 19.4. The Bertz CT molecular complexity index is 1090. The molecule has 0 unspecified atom stereocenters. The van der Waals surface area contributed by atoms with Gasteiger partial charge in [-0.25, -0.2) is 9.59 Å². The first kappa shape index (κ1) is 23.4. The highest BCUT2D eigenvalue weighted by atomic mass is 16.5. The highest BCUT2D eigenvalue weighted by molar-refractivity contribution is 5.86. The van der Waals surface area contributed by atoms with E-state index >= 15 is 0 Å². The van der Waals surface area contributed by atoms with E-state index < -0.39 is 24.2 Å². The lowest BCUT2D eigenvalue weighted by molar-refractivity contribution is -0.150. The van der Waals surface area contributed by atoms with Crippen LogP contribution in [0.2, 0.25) is 0 Å². The van der Waals surface area contributed by atoms with E-state index in [2.05, 4.69) is 29.6 Å². The van der Waals surface area contributed by atoms with Crippen molar-refractivity contribution in [2.75, 3.05) is 13.2 Å². The maximum Gasteiger partial charge on any atom is 0.407 e. The lowest BCUT2D eigenvalue weighted by Gasteiger charge is -2.32. The first-order chi connectivity index (χ1) is 16.9. The van der Waals surface area contributed by atoms with Crippen LogP contribution in [-0.4, -0.2) is 64.4 Å². The molecule has 8 heteroatoms. The maximum absolute atomic E-state index is 13.0. The fraction of sp³-hybridized carbons (Fsp3) is 0.444. The number of alkyl carbamates (subject to hydrolysis) is 1. The molecule has 2 fully saturated rings. The zero-order chi connectivity index (χ0) is 24.5. The number of aliphatic hydroxyl groups is 1. The summed E-state index contributed by atoms with van der Waals surface area (Å²) >= 11 is 0. The summed E-state index contributed by atoms with van der Waals surface area (Å²) in [7, 11) is 0. The monoisotopic (exact) mass is 478 g/mol. The molecule has 0 radical (unpaired) electrons. The molecule has 0 bridgehead atoms. The van der Waals surface area contributed by atoms with Gasteiger partial charge >= 0.3 is 12.1 Å². The van der Waals surface area contributed by atoms with Crippen LogP contribution < -0.4 is 5.32 Å². The smallest absolute Gasteiger partial charge is 0.407 e. The molecule has 3 N–H and O–H groups in total. The summed E-state index contributed by atoms with van der Waals surface area (Å²) in [6.07, 6.45) is 1.28. The molecular weight excluding hydrogens is 448 g/mol. The molecule has 5 rings (SSSR count). The molecule has 0 aromatic heterocycles. The molecule has 0 spiro atoms. The number of rotatable bonds is 5. The van der Waals surface area contributed by atoms with Crippen molar-refractivity contribution in [2.45, 2.75) is 56.2 Å². The van der Waals surface area contributed by atoms with Gasteiger partial charge in [-0.3, -0.25) is 4.79 Å². The van der Waals surface area contributed by atoms with Crippen molar-refractivity contribution in [3.8, 4) is 11.1 Å². The van der Waals surface area contributed by atoms with Gasteiger partial charge in [0, 0.05) is 30.8 Å². The molecule has 184 valence electrons. The molecule has 1 aliphatic heterocycles. The van der Waals surface area contributed by atoms with Crippen molar-refractivity contribution in [3.05, 3.63) is 59.7 Å². The van der Waals surface area contributed by atoms with Crippen LogP contribution in [0.5, 0.6) is 0 Å². The highest BCUT2D eigenvalue weighted by Gasteiger charge is 2.42. The Kier molecular flexibility index (Phi) is 6.47. The van der Waals surface area contributed by atoms with Crippen LogP contribution in [0.3, 0.4) is 0 Å². The number of carbonyl (C=O) groups excluding carboxylic acids is 2. The lowest BCUT2D eigenvalue weighted by atomic mass is 9.84. The number of carboxylic acid groups (broad SMARTS) is 1. The molecule has 2 amide bonds. The van der Waals surface area contributed by atoms with Crippen LogP contribution in [0, 0.1) is 5.92 Å². The number of carboxylic acids is 1. The summed E-state index contributed by atoms with van der Waals surface area (Å²) in [5.41, 5.74) is 4.62. The van der Waals surface area contributed by atoms with Gasteiger partial charge in [0.1, 0.15) is 12.6 Å². The summed E-state index contributed by atoms with van der Waals surface area (Å²) in [6, 6.07) is 15.1. The summed E-state index contributed by atoms with van der Waals surface area (Å²) in [6.45, 7) is 0.262. The van der Waals surface area contributed by atoms with E-state index in [-0.39, 0.29) is 43.4 Å². The minimum Gasteiger partial charge on any atom is -0.480 e. The number of fused-ring (bicyclic) bond motifs is 3. The number of ether oxygens (including phenoxy) is 1. The van der Waals surface area contributed by atoms with Crippen molar-refractivity contribution < 1.29 is 29.3 Å². The topological polar surface area (TPSA) is 116 Å². The third kappa shape index (κ3) is 4.62. The number of nitrogens with one attached hydrogen (secondary N) is 1. The molecule has 3 aliphatic rings. The van der Waals surface area contributed by atoms with Crippen LogP contribution in [0.4, 0.5) is 4.79 Å². The first-order valence-corrected chi connectivity index (χ1v) is 12.2. The number of benzene rings is 2. The van der Waals surface area contributed by atoms with E-state index in [0.717, 1.165) is 35.1 Å². The van der Waals surface area contributed by atoms with Crippen LogP contribution >= 0.6 is 0 Å². The normalized spacial score (nSPS) is 25.6. The van der Waals surface area contributed by atoms with Crippen molar-refractivity contribution >= 4 is 18.0 Å². The molecule has 35 heavy (non-hydrogen) atoms. The highest BCUT2D eigenvalue weighted by Crippen LogP contribution is 2.44. The van der Waals surface area contributed by atoms with Crippen molar-refractivity contribution in [3.63, 3.8) is 0 Å². The number of aliphatic carboxylic acids is 1. The molecule has 2 aromatic carbocycles. The van der Waals surface area contributed by atoms with Gasteiger partial charge in [0.25, 0.3) is 0 Å². The summed E-state index contributed by atoms with van der Waals surface area (Å²) < 4.78 is 5.64.